The molecule has 2 saturated heterocycles. The number of likely N-dealkylation sites (tertiary alicyclic amines) is 1. The van der Waals surface area contributed by atoms with Gasteiger partial charge in [-0.15, -0.1) is 0 Å². The summed E-state index contributed by atoms with van der Waals surface area (Å²) in [7, 11) is 0. The van der Waals surface area contributed by atoms with Crippen LogP contribution in [-0.2, 0) is 16.1 Å². The minimum Gasteiger partial charge on any atom is -0.356 e. The predicted molar refractivity (Wildman–Crippen MR) is 152 cm³/mol. The van der Waals surface area contributed by atoms with Gasteiger partial charge in [0.05, 0.1) is 5.60 Å². The summed E-state index contributed by atoms with van der Waals surface area (Å²) in [6, 6.07) is 11.0. The van der Waals surface area contributed by atoms with Crippen molar-refractivity contribution in [3.05, 3.63) is 58.7 Å². The van der Waals surface area contributed by atoms with Gasteiger partial charge >= 0.3 is 0 Å². The molecule has 0 aromatic heterocycles. The molecule has 2 heterocycles. The molecule has 2 aliphatic heterocycles. The monoisotopic (exact) mass is 513 g/mol. The normalized spacial score (nSPS) is 44.8. The van der Waals surface area contributed by atoms with Gasteiger partial charge in [0.15, 0.2) is 5.78 Å². The molecule has 9 atom stereocenters. The molecular formula is C35H47NO2. The standard InChI is InChI=1S/C35H47NO2/c1-22-16-31-24(3)35(38-33(31)36(20-22)21-25-8-6-5-7-9-25)15-13-28-29-11-10-26-17-27(37)12-14-34(26,4)32(29)18-30(28)23(2)19-35/h5-9,17,22,24,28-29,31-33H,10-16,18-21H2,1-4H3/t22-,24+,28-,29-,31-,32-,33-,34-,35-/m0/s1. The molecule has 204 valence electrons. The molecule has 1 aromatic carbocycles. The highest BCUT2D eigenvalue weighted by Crippen LogP contribution is 2.64. The summed E-state index contributed by atoms with van der Waals surface area (Å²) in [6.45, 7) is 12.1. The lowest BCUT2D eigenvalue weighted by Crippen LogP contribution is -2.47. The van der Waals surface area contributed by atoms with Crippen molar-refractivity contribution in [2.45, 2.75) is 104 Å². The average Bonchev–Trinajstić information content (AvgIpc) is 3.36. The lowest BCUT2D eigenvalue weighted by Gasteiger charge is -2.48. The van der Waals surface area contributed by atoms with Gasteiger partial charge in [0.1, 0.15) is 6.23 Å². The molecule has 6 aliphatic rings. The highest BCUT2D eigenvalue weighted by Gasteiger charge is 2.59. The maximum absolute atomic E-state index is 12.2. The Morgan fingerprint density at radius 2 is 1.87 bits per heavy atom. The largest absolute Gasteiger partial charge is 0.356 e. The van der Waals surface area contributed by atoms with Crippen LogP contribution in [0.1, 0.15) is 91.0 Å². The molecule has 0 N–H and O–H groups in total. The van der Waals surface area contributed by atoms with E-state index in [1.807, 2.05) is 6.08 Å². The van der Waals surface area contributed by atoms with Gasteiger partial charge in [-0.3, -0.25) is 9.69 Å². The van der Waals surface area contributed by atoms with Crippen LogP contribution < -0.4 is 0 Å². The van der Waals surface area contributed by atoms with Gasteiger partial charge in [0.2, 0.25) is 0 Å². The number of rotatable bonds is 2. The van der Waals surface area contributed by atoms with Gasteiger partial charge in [-0.1, -0.05) is 67.8 Å². The van der Waals surface area contributed by atoms with Crippen molar-refractivity contribution in [1.29, 1.82) is 0 Å². The molecule has 7 rings (SSSR count). The first kappa shape index (κ1) is 25.3. The number of hydrogen-bond donors (Lipinski definition) is 0. The molecule has 0 radical (unpaired) electrons. The number of piperidine rings is 1. The number of allylic oxidation sites excluding steroid dienone is 3. The summed E-state index contributed by atoms with van der Waals surface area (Å²) < 4.78 is 7.35. The van der Waals surface area contributed by atoms with E-state index in [0.29, 0.717) is 17.6 Å². The summed E-state index contributed by atoms with van der Waals surface area (Å²) >= 11 is 0. The fourth-order valence-corrected chi connectivity index (χ4v) is 10.4. The predicted octanol–water partition coefficient (Wildman–Crippen LogP) is 7.72. The molecule has 1 spiro atoms. The number of carbonyl (C=O) groups excluding carboxylic acids is 1. The third-order valence-electron chi connectivity index (χ3n) is 12.4. The zero-order valence-electron chi connectivity index (χ0n) is 24.0. The van der Waals surface area contributed by atoms with Gasteiger partial charge in [-0.2, -0.15) is 0 Å². The number of nitrogens with zero attached hydrogens (tertiary/aromatic N) is 1. The van der Waals surface area contributed by atoms with Crippen LogP contribution in [0.15, 0.2) is 53.1 Å². The Morgan fingerprint density at radius 3 is 2.68 bits per heavy atom. The van der Waals surface area contributed by atoms with Crippen molar-refractivity contribution < 1.29 is 9.53 Å². The molecule has 38 heavy (non-hydrogen) atoms. The molecule has 4 fully saturated rings. The van der Waals surface area contributed by atoms with Crippen LogP contribution >= 0.6 is 0 Å². The van der Waals surface area contributed by atoms with E-state index in [0.717, 1.165) is 62.4 Å². The van der Waals surface area contributed by atoms with E-state index in [1.165, 1.54) is 43.2 Å². The molecule has 2 saturated carbocycles. The van der Waals surface area contributed by atoms with Crippen LogP contribution in [0.4, 0.5) is 0 Å². The van der Waals surface area contributed by atoms with Gasteiger partial charge in [-0.25, -0.2) is 0 Å². The van der Waals surface area contributed by atoms with Crippen molar-refractivity contribution in [3.63, 3.8) is 0 Å². The van der Waals surface area contributed by atoms with E-state index in [1.54, 1.807) is 11.1 Å². The summed E-state index contributed by atoms with van der Waals surface area (Å²) in [5.74, 6) is 4.57. The van der Waals surface area contributed by atoms with E-state index >= 15 is 0 Å². The summed E-state index contributed by atoms with van der Waals surface area (Å²) in [4.78, 5) is 14.9. The molecule has 0 bridgehead atoms. The quantitative estimate of drug-likeness (QED) is 0.379. The molecule has 4 aliphatic carbocycles. The third-order valence-corrected chi connectivity index (χ3v) is 12.4. The number of ketones is 1. The molecule has 3 heteroatoms. The zero-order chi connectivity index (χ0) is 26.2. The fraction of sp³-hybridized carbons (Fsp3) is 0.686. The van der Waals surface area contributed by atoms with Gasteiger partial charge in [-0.05, 0) is 105 Å². The Morgan fingerprint density at radius 1 is 1.05 bits per heavy atom. The number of ether oxygens (including phenoxy) is 1. The van der Waals surface area contributed by atoms with Gasteiger partial charge < -0.3 is 4.74 Å². The lowest BCUT2D eigenvalue weighted by molar-refractivity contribution is -0.140. The molecular weight excluding hydrogens is 466 g/mol. The summed E-state index contributed by atoms with van der Waals surface area (Å²) in [5, 5.41) is 0. The highest BCUT2D eigenvalue weighted by molar-refractivity contribution is 5.91. The molecule has 1 aromatic rings. The van der Waals surface area contributed by atoms with E-state index in [9.17, 15) is 4.79 Å². The van der Waals surface area contributed by atoms with Crippen LogP contribution in [0.3, 0.4) is 0 Å². The Bertz CT molecular complexity index is 1170. The number of carbonyl (C=O) groups is 1. The molecule has 0 unspecified atom stereocenters. The van der Waals surface area contributed by atoms with Crippen LogP contribution in [-0.4, -0.2) is 29.1 Å². The second kappa shape index (κ2) is 9.16. The second-order valence-electron chi connectivity index (χ2n) is 14.5. The number of fused-ring (bicyclic) bond motifs is 6. The Hall–Kier alpha value is -1.71. The van der Waals surface area contributed by atoms with Gasteiger partial charge in [0, 0.05) is 25.4 Å². The van der Waals surface area contributed by atoms with Crippen LogP contribution in [0.2, 0.25) is 0 Å². The first-order valence-corrected chi connectivity index (χ1v) is 15.7. The van der Waals surface area contributed by atoms with E-state index in [-0.39, 0.29) is 17.2 Å². The van der Waals surface area contributed by atoms with Crippen molar-refractivity contribution in [2.75, 3.05) is 6.54 Å². The SMILES string of the molecule is CC1=C2C[C@H]3[C@@H](CCC4=CC(=O)CC[C@@]43C)[C@@H]2CC[C@@]2(C1)O[C@H]1[C@@H](C[C@H](C)CN1Cc1ccccc1)[C@H]2C. The summed E-state index contributed by atoms with van der Waals surface area (Å²) in [5.41, 5.74) is 6.55. The highest BCUT2D eigenvalue weighted by atomic mass is 16.5. The van der Waals surface area contributed by atoms with Crippen LogP contribution in [0.25, 0.3) is 0 Å². The Kier molecular flexibility index (Phi) is 6.09. The van der Waals surface area contributed by atoms with E-state index in [4.69, 9.17) is 4.74 Å². The molecule has 0 amide bonds. The smallest absolute Gasteiger partial charge is 0.155 e. The lowest BCUT2D eigenvalue weighted by atomic mass is 9.56. The number of benzene rings is 1. The zero-order valence-corrected chi connectivity index (χ0v) is 24.0. The van der Waals surface area contributed by atoms with E-state index in [2.05, 4.69) is 62.9 Å². The first-order chi connectivity index (χ1) is 18.3. The number of hydrogen-bond acceptors (Lipinski definition) is 3. The minimum atomic E-state index is -0.00780. The fourth-order valence-electron chi connectivity index (χ4n) is 10.4. The van der Waals surface area contributed by atoms with E-state index < -0.39 is 0 Å². The molecule has 3 nitrogen and oxygen atoms in total. The minimum absolute atomic E-state index is 0.00780. The maximum atomic E-state index is 12.2. The van der Waals surface area contributed by atoms with Crippen molar-refractivity contribution in [3.8, 4) is 0 Å². The third kappa shape index (κ3) is 3.85. The van der Waals surface area contributed by atoms with Crippen molar-refractivity contribution >= 4 is 5.78 Å². The summed E-state index contributed by atoms with van der Waals surface area (Å²) in [6.07, 6.45) is 12.7. The van der Waals surface area contributed by atoms with Gasteiger partial charge in [0.25, 0.3) is 0 Å². The average molecular weight is 514 g/mol. The van der Waals surface area contributed by atoms with Crippen molar-refractivity contribution in [2.24, 2.45) is 40.9 Å². The maximum Gasteiger partial charge on any atom is 0.155 e. The first-order valence-electron chi connectivity index (χ1n) is 15.7. The van der Waals surface area contributed by atoms with Crippen LogP contribution in [0.5, 0.6) is 0 Å². The Labute approximate surface area is 230 Å². The second-order valence-corrected chi connectivity index (χ2v) is 14.5. The van der Waals surface area contributed by atoms with Crippen LogP contribution in [0, 0.1) is 40.9 Å². The topological polar surface area (TPSA) is 29.5 Å². The Balaban J connectivity index is 1.16. The van der Waals surface area contributed by atoms with Crippen molar-refractivity contribution in [1.82, 2.24) is 4.90 Å².